The number of aliphatic hydroxyl groups excluding tert-OH is 1. The Morgan fingerprint density at radius 3 is 2.71 bits per heavy atom. The summed E-state index contributed by atoms with van der Waals surface area (Å²) in [6.07, 6.45) is 3.28. The summed E-state index contributed by atoms with van der Waals surface area (Å²) in [5, 5.41) is 9.06. The summed E-state index contributed by atoms with van der Waals surface area (Å²) < 4.78 is 2.15. The third kappa shape index (κ3) is 2.95. The summed E-state index contributed by atoms with van der Waals surface area (Å²) in [4.78, 5) is 9.11. The lowest BCUT2D eigenvalue weighted by atomic mass is 10.1. The summed E-state index contributed by atoms with van der Waals surface area (Å²) in [7, 11) is 0. The van der Waals surface area contributed by atoms with Gasteiger partial charge >= 0.3 is 0 Å². The van der Waals surface area contributed by atoms with Crippen LogP contribution in [-0.2, 0) is 13.0 Å². The van der Waals surface area contributed by atoms with Gasteiger partial charge in [-0.2, -0.15) is 0 Å². The van der Waals surface area contributed by atoms with Crippen molar-refractivity contribution in [2.24, 2.45) is 0 Å². The van der Waals surface area contributed by atoms with Crippen molar-refractivity contribution in [3.63, 3.8) is 0 Å². The monoisotopic (exact) mass is 281 g/mol. The molecule has 0 unspecified atom stereocenters. The highest BCUT2D eigenvalue weighted by molar-refractivity contribution is 5.71. The molecule has 0 bridgehead atoms. The molecule has 0 radical (unpaired) electrons. The topological polar surface area (TPSA) is 50.9 Å². The molecule has 2 heterocycles. The van der Waals surface area contributed by atoms with Gasteiger partial charge in [0.15, 0.2) is 5.65 Å². The van der Waals surface area contributed by atoms with Crippen molar-refractivity contribution in [3.8, 4) is 0 Å². The minimum atomic E-state index is 0.182. The Morgan fingerprint density at radius 1 is 1.14 bits per heavy atom. The van der Waals surface area contributed by atoms with Gasteiger partial charge in [-0.1, -0.05) is 29.8 Å². The summed E-state index contributed by atoms with van der Waals surface area (Å²) in [5.74, 6) is 0.985. The van der Waals surface area contributed by atoms with Crippen LogP contribution in [0.5, 0.6) is 0 Å². The number of aliphatic hydroxyl groups is 1. The number of benzene rings is 1. The van der Waals surface area contributed by atoms with Crippen LogP contribution in [0.25, 0.3) is 11.2 Å². The first kappa shape index (κ1) is 13.8. The molecule has 0 aliphatic rings. The second-order valence-electron chi connectivity index (χ2n) is 5.27. The highest BCUT2D eigenvalue weighted by Gasteiger charge is 2.11. The van der Waals surface area contributed by atoms with Gasteiger partial charge in [-0.3, -0.25) is 0 Å². The van der Waals surface area contributed by atoms with Crippen LogP contribution in [-0.4, -0.2) is 26.2 Å². The van der Waals surface area contributed by atoms with E-state index < -0.39 is 0 Å². The Morgan fingerprint density at radius 2 is 1.95 bits per heavy atom. The molecule has 0 fully saturated rings. The van der Waals surface area contributed by atoms with Gasteiger partial charge in [0.05, 0.1) is 6.54 Å². The number of nitrogens with zero attached hydrogens (tertiary/aromatic N) is 3. The zero-order valence-corrected chi connectivity index (χ0v) is 12.2. The number of rotatable bonds is 5. The van der Waals surface area contributed by atoms with E-state index in [1.807, 2.05) is 12.1 Å². The molecule has 108 valence electrons. The molecule has 1 aromatic carbocycles. The third-order valence-corrected chi connectivity index (χ3v) is 3.60. The fourth-order valence-electron chi connectivity index (χ4n) is 2.48. The van der Waals surface area contributed by atoms with E-state index in [1.54, 1.807) is 6.20 Å². The molecule has 0 saturated heterocycles. The van der Waals surface area contributed by atoms with Crippen LogP contribution in [0.15, 0.2) is 42.6 Å². The number of pyridine rings is 1. The molecule has 3 aromatic rings. The van der Waals surface area contributed by atoms with E-state index in [0.29, 0.717) is 0 Å². The molecule has 4 nitrogen and oxygen atoms in total. The van der Waals surface area contributed by atoms with Crippen molar-refractivity contribution in [2.45, 2.75) is 26.3 Å². The fraction of sp³-hybridized carbons (Fsp3) is 0.294. The van der Waals surface area contributed by atoms with Gasteiger partial charge in [0, 0.05) is 19.2 Å². The van der Waals surface area contributed by atoms with E-state index >= 15 is 0 Å². The molecule has 1 N–H and O–H groups in total. The zero-order valence-electron chi connectivity index (χ0n) is 12.2. The van der Waals surface area contributed by atoms with E-state index in [2.05, 4.69) is 45.7 Å². The lowest BCUT2D eigenvalue weighted by Crippen LogP contribution is -2.07. The molecule has 21 heavy (non-hydrogen) atoms. The van der Waals surface area contributed by atoms with Crippen molar-refractivity contribution in [3.05, 3.63) is 59.5 Å². The minimum absolute atomic E-state index is 0.182. The van der Waals surface area contributed by atoms with Crippen LogP contribution in [0.2, 0.25) is 0 Å². The van der Waals surface area contributed by atoms with Gasteiger partial charge in [-0.15, -0.1) is 0 Å². The summed E-state index contributed by atoms with van der Waals surface area (Å²) >= 11 is 0. The molecule has 0 aliphatic heterocycles. The number of imidazole rings is 1. The molecule has 2 aromatic heterocycles. The van der Waals surface area contributed by atoms with Gasteiger partial charge in [-0.25, -0.2) is 9.97 Å². The van der Waals surface area contributed by atoms with Gasteiger partial charge in [0.25, 0.3) is 0 Å². The fourth-order valence-corrected chi connectivity index (χ4v) is 2.48. The zero-order chi connectivity index (χ0) is 14.7. The number of hydrogen-bond donors (Lipinski definition) is 1. The van der Waals surface area contributed by atoms with E-state index in [-0.39, 0.29) is 6.61 Å². The second-order valence-corrected chi connectivity index (χ2v) is 5.27. The third-order valence-electron chi connectivity index (χ3n) is 3.60. The normalized spacial score (nSPS) is 11.1. The predicted molar refractivity (Wildman–Crippen MR) is 83.2 cm³/mol. The van der Waals surface area contributed by atoms with Crippen molar-refractivity contribution >= 4 is 11.2 Å². The van der Waals surface area contributed by atoms with Crippen molar-refractivity contribution in [1.82, 2.24) is 14.5 Å². The van der Waals surface area contributed by atoms with Crippen LogP contribution < -0.4 is 0 Å². The van der Waals surface area contributed by atoms with E-state index in [9.17, 15) is 0 Å². The van der Waals surface area contributed by atoms with E-state index in [4.69, 9.17) is 5.11 Å². The van der Waals surface area contributed by atoms with Crippen LogP contribution in [0.1, 0.15) is 23.4 Å². The maximum absolute atomic E-state index is 9.06. The highest BCUT2D eigenvalue weighted by Crippen LogP contribution is 2.17. The molecule has 3 rings (SSSR count). The van der Waals surface area contributed by atoms with E-state index in [1.165, 1.54) is 11.1 Å². The molecular weight excluding hydrogens is 262 g/mol. The SMILES string of the molecule is Cc1ccc(Cn2c(CCCO)nc3cccnc32)cc1. The Bertz CT molecular complexity index is 731. The van der Waals surface area contributed by atoms with Crippen molar-refractivity contribution in [2.75, 3.05) is 6.61 Å². The predicted octanol–water partition coefficient (Wildman–Crippen LogP) is 2.71. The molecule has 4 heteroatoms. The van der Waals surface area contributed by atoms with E-state index in [0.717, 1.165) is 36.4 Å². The van der Waals surface area contributed by atoms with Crippen LogP contribution in [0.3, 0.4) is 0 Å². The summed E-state index contributed by atoms with van der Waals surface area (Å²) in [6.45, 7) is 3.03. The number of aryl methyl sites for hydroxylation is 2. The van der Waals surface area contributed by atoms with Crippen LogP contribution in [0.4, 0.5) is 0 Å². The van der Waals surface area contributed by atoms with Crippen molar-refractivity contribution < 1.29 is 5.11 Å². The lowest BCUT2D eigenvalue weighted by molar-refractivity contribution is 0.287. The standard InChI is InChI=1S/C17H19N3O/c1-13-6-8-14(9-7-13)12-20-16(5-3-11-21)19-15-4-2-10-18-17(15)20/h2,4,6-10,21H,3,5,11-12H2,1H3. The number of fused-ring (bicyclic) bond motifs is 1. The number of hydrogen-bond acceptors (Lipinski definition) is 3. The average Bonchev–Trinajstić information content (AvgIpc) is 2.85. The highest BCUT2D eigenvalue weighted by atomic mass is 16.2. The Balaban J connectivity index is 1.99. The quantitative estimate of drug-likeness (QED) is 0.782. The summed E-state index contributed by atoms with van der Waals surface area (Å²) in [5.41, 5.74) is 4.31. The molecule has 0 aliphatic carbocycles. The van der Waals surface area contributed by atoms with Gasteiger partial charge in [0.1, 0.15) is 11.3 Å². The van der Waals surface area contributed by atoms with Gasteiger partial charge in [0.2, 0.25) is 0 Å². The summed E-state index contributed by atoms with van der Waals surface area (Å²) in [6, 6.07) is 12.4. The Hall–Kier alpha value is -2.20. The first-order chi connectivity index (χ1) is 10.3. The molecule has 0 spiro atoms. The number of aromatic nitrogens is 3. The molecule has 0 atom stereocenters. The van der Waals surface area contributed by atoms with Gasteiger partial charge < -0.3 is 9.67 Å². The molecule has 0 amide bonds. The largest absolute Gasteiger partial charge is 0.396 e. The first-order valence-electron chi connectivity index (χ1n) is 7.24. The minimum Gasteiger partial charge on any atom is -0.396 e. The van der Waals surface area contributed by atoms with Crippen LogP contribution >= 0.6 is 0 Å². The molecular formula is C17H19N3O. The van der Waals surface area contributed by atoms with Crippen molar-refractivity contribution in [1.29, 1.82) is 0 Å². The van der Waals surface area contributed by atoms with Gasteiger partial charge in [-0.05, 0) is 31.0 Å². The Kier molecular flexibility index (Phi) is 3.97. The second kappa shape index (κ2) is 6.06. The van der Waals surface area contributed by atoms with Crippen LogP contribution in [0, 0.1) is 6.92 Å². The maximum Gasteiger partial charge on any atom is 0.160 e. The lowest BCUT2D eigenvalue weighted by Gasteiger charge is -2.09. The Labute approximate surface area is 124 Å². The molecule has 0 saturated carbocycles. The average molecular weight is 281 g/mol. The first-order valence-corrected chi connectivity index (χ1v) is 7.24. The smallest absolute Gasteiger partial charge is 0.160 e. The maximum atomic E-state index is 9.06.